The largest absolute Gasteiger partial charge is 0.452 e. The Labute approximate surface area is 121 Å². The second-order valence-electron chi connectivity index (χ2n) is 4.49. The number of ether oxygens (including phenoxy) is 1. The molecule has 0 unspecified atom stereocenters. The number of nitrogens with zero attached hydrogens (tertiary/aromatic N) is 3. The van der Waals surface area contributed by atoms with Crippen LogP contribution in [0.15, 0.2) is 60.4 Å². The molecule has 1 aromatic heterocycles. The lowest BCUT2D eigenvalue weighted by Crippen LogP contribution is -2.07. The molecule has 21 heavy (non-hydrogen) atoms. The highest BCUT2D eigenvalue weighted by Gasteiger charge is 2.09. The fourth-order valence-corrected chi connectivity index (χ4v) is 1.90. The van der Waals surface area contributed by atoms with Crippen molar-refractivity contribution in [3.8, 4) is 5.75 Å². The van der Waals surface area contributed by atoms with Gasteiger partial charge >= 0.3 is 0 Å². The van der Waals surface area contributed by atoms with Gasteiger partial charge in [-0.2, -0.15) is 0 Å². The smallest absolute Gasteiger partial charge is 0.196 e. The lowest BCUT2D eigenvalue weighted by atomic mass is 10.3. The molecule has 0 aliphatic carbocycles. The summed E-state index contributed by atoms with van der Waals surface area (Å²) < 4.78 is 7.16. The first kappa shape index (κ1) is 13.1. The first-order valence-corrected chi connectivity index (χ1v) is 6.49. The zero-order chi connectivity index (χ0) is 14.7. The van der Waals surface area contributed by atoms with Crippen LogP contribution in [0.1, 0.15) is 6.92 Å². The Balaban J connectivity index is 1.99. The average molecular weight is 279 g/mol. The molecule has 0 bridgehead atoms. The van der Waals surface area contributed by atoms with E-state index < -0.39 is 0 Å². The number of Topliss-reactive ketones (excluding diaryl/α,β-unsaturated/α-hetero) is 1. The minimum absolute atomic E-state index is 0.182. The second kappa shape index (κ2) is 5.58. The Bertz CT molecular complexity index is 807. The number of benzene rings is 2. The van der Waals surface area contributed by atoms with Crippen molar-refractivity contribution in [2.45, 2.75) is 6.92 Å². The second-order valence-corrected chi connectivity index (χ2v) is 4.49. The van der Waals surface area contributed by atoms with E-state index in [0.29, 0.717) is 5.75 Å². The van der Waals surface area contributed by atoms with Gasteiger partial charge in [0.1, 0.15) is 11.3 Å². The third kappa shape index (κ3) is 2.81. The summed E-state index contributed by atoms with van der Waals surface area (Å²) >= 11 is 0. The summed E-state index contributed by atoms with van der Waals surface area (Å²) in [6, 6.07) is 16.7. The molecule has 0 atom stereocenters. The van der Waals surface area contributed by atoms with Crippen molar-refractivity contribution in [2.24, 2.45) is 0 Å². The molecule has 0 aliphatic heterocycles. The monoisotopic (exact) mass is 279 g/mol. The molecular weight excluding hydrogens is 266 g/mol. The molecule has 5 heteroatoms. The van der Waals surface area contributed by atoms with Crippen molar-refractivity contribution < 1.29 is 9.53 Å². The number of ketones is 1. The summed E-state index contributed by atoms with van der Waals surface area (Å²) in [5.74, 6) is 0.624. The van der Waals surface area contributed by atoms with Crippen molar-refractivity contribution in [3.05, 3.63) is 60.4 Å². The number of rotatable bonds is 4. The van der Waals surface area contributed by atoms with Crippen molar-refractivity contribution in [3.63, 3.8) is 0 Å². The van der Waals surface area contributed by atoms with Crippen LogP contribution < -0.4 is 4.74 Å². The predicted molar refractivity (Wildman–Crippen MR) is 79.6 cm³/mol. The van der Waals surface area contributed by atoms with Gasteiger partial charge in [0.2, 0.25) is 0 Å². The van der Waals surface area contributed by atoms with E-state index in [1.165, 1.54) is 11.6 Å². The van der Waals surface area contributed by atoms with Crippen molar-refractivity contribution in [1.29, 1.82) is 0 Å². The van der Waals surface area contributed by atoms with Gasteiger partial charge in [-0.25, -0.2) is 4.68 Å². The highest BCUT2D eigenvalue weighted by atomic mass is 16.5. The van der Waals surface area contributed by atoms with Gasteiger partial charge in [0, 0.05) is 6.92 Å². The van der Waals surface area contributed by atoms with Crippen LogP contribution in [-0.2, 0) is 4.79 Å². The van der Waals surface area contributed by atoms with E-state index in [4.69, 9.17) is 4.74 Å². The molecule has 5 nitrogen and oxygen atoms in total. The molecule has 3 aromatic rings. The number of hydrogen-bond donors (Lipinski definition) is 0. The zero-order valence-electron chi connectivity index (χ0n) is 11.4. The minimum atomic E-state index is -0.182. The number of hydrogen-bond acceptors (Lipinski definition) is 4. The van der Waals surface area contributed by atoms with E-state index in [1.54, 1.807) is 18.3 Å². The number of para-hydroxylation sites is 2. The van der Waals surface area contributed by atoms with Gasteiger partial charge in [-0.15, -0.1) is 5.10 Å². The maximum Gasteiger partial charge on any atom is 0.196 e. The van der Waals surface area contributed by atoms with Crippen molar-refractivity contribution in [1.82, 2.24) is 15.0 Å². The lowest BCUT2D eigenvalue weighted by Gasteiger charge is -2.07. The summed E-state index contributed by atoms with van der Waals surface area (Å²) in [6.07, 6.45) is 1.55. The van der Waals surface area contributed by atoms with E-state index in [0.717, 1.165) is 11.0 Å². The Morgan fingerprint density at radius 3 is 2.57 bits per heavy atom. The van der Waals surface area contributed by atoms with Gasteiger partial charge in [-0.1, -0.05) is 35.5 Å². The van der Waals surface area contributed by atoms with E-state index in [9.17, 15) is 4.79 Å². The van der Waals surface area contributed by atoms with Crippen LogP contribution in [0.2, 0.25) is 0 Å². The number of carbonyl (C=O) groups excluding carboxylic acids is 1. The van der Waals surface area contributed by atoms with Crippen LogP contribution >= 0.6 is 0 Å². The minimum Gasteiger partial charge on any atom is -0.452 e. The summed E-state index contributed by atoms with van der Waals surface area (Å²) in [7, 11) is 0. The molecule has 3 rings (SSSR count). The molecule has 0 radical (unpaired) electrons. The van der Waals surface area contributed by atoms with Crippen LogP contribution in [0.4, 0.5) is 0 Å². The fraction of sp³-hybridized carbons (Fsp3) is 0.0625. The van der Waals surface area contributed by atoms with Gasteiger partial charge < -0.3 is 4.74 Å². The average Bonchev–Trinajstić information content (AvgIpc) is 2.91. The summed E-state index contributed by atoms with van der Waals surface area (Å²) in [4.78, 5) is 11.8. The standard InChI is InChI=1S/C16H13N3O2/c1-12(20)16(21-13-7-3-2-4-8-13)11-19-15-10-6-5-9-14(15)17-18-19/h2-11H,1H3. The number of aromatic nitrogens is 3. The Morgan fingerprint density at radius 1 is 1.10 bits per heavy atom. The molecule has 0 spiro atoms. The molecule has 104 valence electrons. The van der Waals surface area contributed by atoms with Gasteiger partial charge in [-0.05, 0) is 24.3 Å². The highest BCUT2D eigenvalue weighted by molar-refractivity contribution is 5.95. The first-order chi connectivity index (χ1) is 10.2. The molecular formula is C16H13N3O2. The summed E-state index contributed by atoms with van der Waals surface area (Å²) in [5.41, 5.74) is 1.57. The SMILES string of the molecule is CC(=O)C(=Cn1nnc2ccccc21)Oc1ccccc1. The Hall–Kier alpha value is -2.95. The van der Waals surface area contributed by atoms with E-state index >= 15 is 0 Å². The summed E-state index contributed by atoms with van der Waals surface area (Å²) in [6.45, 7) is 1.45. The maximum atomic E-state index is 11.8. The highest BCUT2D eigenvalue weighted by Crippen LogP contribution is 2.16. The van der Waals surface area contributed by atoms with Gasteiger partial charge in [0.25, 0.3) is 0 Å². The van der Waals surface area contributed by atoms with E-state index in [1.807, 2.05) is 42.5 Å². The molecule has 0 amide bonds. The van der Waals surface area contributed by atoms with Crippen LogP contribution in [0.5, 0.6) is 5.75 Å². The first-order valence-electron chi connectivity index (χ1n) is 6.49. The third-order valence-electron chi connectivity index (χ3n) is 2.93. The van der Waals surface area contributed by atoms with E-state index in [2.05, 4.69) is 10.3 Å². The molecule has 0 N–H and O–H groups in total. The maximum absolute atomic E-state index is 11.8. The number of fused-ring (bicyclic) bond motifs is 1. The third-order valence-corrected chi connectivity index (χ3v) is 2.93. The van der Waals surface area contributed by atoms with Crippen LogP contribution in [0.25, 0.3) is 17.2 Å². The predicted octanol–water partition coefficient (Wildman–Crippen LogP) is 2.90. The Morgan fingerprint density at radius 2 is 1.81 bits per heavy atom. The number of carbonyl (C=O) groups is 1. The molecule has 0 aliphatic rings. The van der Waals surface area contributed by atoms with Gasteiger partial charge in [-0.3, -0.25) is 4.79 Å². The topological polar surface area (TPSA) is 57.0 Å². The number of allylic oxidation sites excluding steroid dienone is 1. The van der Waals surface area contributed by atoms with Crippen LogP contribution in [0, 0.1) is 0 Å². The summed E-state index contributed by atoms with van der Waals surface area (Å²) in [5, 5.41) is 8.06. The van der Waals surface area contributed by atoms with Gasteiger partial charge in [0.15, 0.2) is 11.5 Å². The van der Waals surface area contributed by atoms with Crippen molar-refractivity contribution >= 4 is 23.0 Å². The fourth-order valence-electron chi connectivity index (χ4n) is 1.90. The quantitative estimate of drug-likeness (QED) is 0.544. The van der Waals surface area contributed by atoms with Gasteiger partial charge in [0.05, 0.1) is 11.7 Å². The van der Waals surface area contributed by atoms with E-state index in [-0.39, 0.29) is 11.5 Å². The lowest BCUT2D eigenvalue weighted by molar-refractivity contribution is -0.115. The molecule has 2 aromatic carbocycles. The van der Waals surface area contributed by atoms with Crippen LogP contribution in [-0.4, -0.2) is 20.8 Å². The zero-order valence-corrected chi connectivity index (χ0v) is 11.4. The normalized spacial score (nSPS) is 11.6. The molecule has 0 fully saturated rings. The molecule has 0 saturated carbocycles. The van der Waals surface area contributed by atoms with Crippen molar-refractivity contribution in [2.75, 3.05) is 0 Å². The Kier molecular flexibility index (Phi) is 3.47. The molecule has 1 heterocycles. The van der Waals surface area contributed by atoms with Crippen LogP contribution in [0.3, 0.4) is 0 Å². The molecule has 0 saturated heterocycles.